The molecule has 0 bridgehead atoms. The van der Waals surface area contributed by atoms with E-state index in [1.54, 1.807) is 0 Å². The molecule has 1 aliphatic heterocycles. The fraction of sp³-hybridized carbons (Fsp3) is 0.652. The molecule has 3 rings (SSSR count). The number of likely N-dealkylation sites (tertiary alicyclic amines) is 1. The van der Waals surface area contributed by atoms with E-state index in [1.165, 1.54) is 17.7 Å². The maximum atomic E-state index is 5.74. The third-order valence-electron chi connectivity index (χ3n) is 5.86. The van der Waals surface area contributed by atoms with Gasteiger partial charge in [0.25, 0.3) is 0 Å². The maximum Gasteiger partial charge on any atom is 0.208 e. The first kappa shape index (κ1) is 26.1. The molecule has 8 heteroatoms. The van der Waals surface area contributed by atoms with Crippen LogP contribution in [0.15, 0.2) is 26.9 Å². The van der Waals surface area contributed by atoms with Crippen molar-refractivity contribution in [3.05, 3.63) is 39.7 Å². The Bertz CT molecular complexity index is 791. The van der Waals surface area contributed by atoms with Gasteiger partial charge in [0.1, 0.15) is 5.76 Å². The van der Waals surface area contributed by atoms with Gasteiger partial charge in [-0.2, -0.15) is 0 Å². The lowest BCUT2D eigenvalue weighted by molar-refractivity contribution is 0.164. The molecule has 0 aliphatic carbocycles. The summed E-state index contributed by atoms with van der Waals surface area (Å²) in [5.74, 6) is 3.37. The summed E-state index contributed by atoms with van der Waals surface area (Å²) in [6.07, 6.45) is 2.37. The lowest BCUT2D eigenvalue weighted by Crippen LogP contribution is -2.43. The van der Waals surface area contributed by atoms with Crippen LogP contribution >= 0.6 is 35.3 Å². The van der Waals surface area contributed by atoms with Gasteiger partial charge in [-0.1, -0.05) is 19.9 Å². The lowest BCUT2D eigenvalue weighted by atomic mass is 9.92. The monoisotopic (exact) mass is 559 g/mol. The van der Waals surface area contributed by atoms with Gasteiger partial charge >= 0.3 is 0 Å². The number of nitrogens with zero attached hydrogens (tertiary/aromatic N) is 3. The van der Waals surface area contributed by atoms with Crippen molar-refractivity contribution in [1.82, 2.24) is 20.5 Å². The van der Waals surface area contributed by atoms with E-state index in [0.717, 1.165) is 62.6 Å². The van der Waals surface area contributed by atoms with Gasteiger partial charge in [-0.3, -0.25) is 9.89 Å². The van der Waals surface area contributed by atoms with Crippen molar-refractivity contribution in [3.8, 4) is 0 Å². The average molecular weight is 560 g/mol. The van der Waals surface area contributed by atoms with E-state index in [2.05, 4.69) is 58.8 Å². The van der Waals surface area contributed by atoms with Crippen LogP contribution in [0.1, 0.15) is 55.8 Å². The van der Waals surface area contributed by atoms with Gasteiger partial charge in [-0.05, 0) is 64.1 Å². The Morgan fingerprint density at radius 3 is 2.61 bits per heavy atom. The van der Waals surface area contributed by atoms with E-state index in [0.29, 0.717) is 5.92 Å². The predicted molar refractivity (Wildman–Crippen MR) is 141 cm³/mol. The van der Waals surface area contributed by atoms with Crippen LogP contribution < -0.4 is 10.6 Å². The zero-order chi connectivity index (χ0) is 21.6. The molecule has 2 aromatic rings. The number of aryl methyl sites for hydroxylation is 2. The normalized spacial score (nSPS) is 16.2. The minimum atomic E-state index is 0. The molecule has 31 heavy (non-hydrogen) atoms. The largest absolute Gasteiger partial charge is 0.444 e. The van der Waals surface area contributed by atoms with Crippen molar-refractivity contribution in [1.29, 1.82) is 0 Å². The van der Waals surface area contributed by atoms with Crippen LogP contribution in [0.4, 0.5) is 0 Å². The Morgan fingerprint density at radius 2 is 2.03 bits per heavy atom. The molecule has 0 spiro atoms. The second kappa shape index (κ2) is 12.2. The molecular weight excluding hydrogens is 521 g/mol. The standard InChI is InChI=1S/C23H37N5OS.HI/c1-6-24-22(26-16-23(4,5)20-8-7-13-30-20)25-14-19-9-11-28(12-10-19)15-21-27-17(2)18(3)29-21;/h7-8,13,19H,6,9-12,14-16H2,1-5H3,(H2,24,25,26);1H. The molecular formula is C23H38IN5OS. The minimum Gasteiger partial charge on any atom is -0.444 e. The summed E-state index contributed by atoms with van der Waals surface area (Å²) >= 11 is 1.81. The van der Waals surface area contributed by atoms with E-state index in [9.17, 15) is 0 Å². The summed E-state index contributed by atoms with van der Waals surface area (Å²) in [7, 11) is 0. The summed E-state index contributed by atoms with van der Waals surface area (Å²) in [6, 6.07) is 4.32. The Hall–Kier alpha value is -1.13. The summed E-state index contributed by atoms with van der Waals surface area (Å²) in [6.45, 7) is 16.2. The van der Waals surface area contributed by atoms with E-state index in [-0.39, 0.29) is 29.4 Å². The number of oxazole rings is 1. The fourth-order valence-corrected chi connectivity index (χ4v) is 4.59. The first-order chi connectivity index (χ1) is 14.4. The number of hydrogen-bond acceptors (Lipinski definition) is 5. The number of piperidine rings is 1. The SMILES string of the molecule is CCNC(=NCC(C)(C)c1cccs1)NCC1CCN(Cc2nc(C)c(C)o2)CC1.I. The molecule has 2 N–H and O–H groups in total. The van der Waals surface area contributed by atoms with Crippen LogP contribution in [0, 0.1) is 19.8 Å². The highest BCUT2D eigenvalue weighted by Crippen LogP contribution is 2.27. The van der Waals surface area contributed by atoms with Crippen molar-refractivity contribution >= 4 is 41.3 Å². The second-order valence-corrected chi connectivity index (χ2v) is 9.85. The van der Waals surface area contributed by atoms with Crippen molar-refractivity contribution in [2.75, 3.05) is 32.7 Å². The zero-order valence-electron chi connectivity index (χ0n) is 19.5. The van der Waals surface area contributed by atoms with Crippen LogP contribution in [0.2, 0.25) is 0 Å². The number of hydrogen-bond donors (Lipinski definition) is 2. The molecule has 0 radical (unpaired) electrons. The molecule has 1 fully saturated rings. The highest BCUT2D eigenvalue weighted by atomic mass is 127. The topological polar surface area (TPSA) is 65.7 Å². The van der Waals surface area contributed by atoms with Crippen LogP contribution in [0.5, 0.6) is 0 Å². The van der Waals surface area contributed by atoms with Gasteiger partial charge < -0.3 is 15.1 Å². The third kappa shape index (κ3) is 7.75. The highest BCUT2D eigenvalue weighted by Gasteiger charge is 2.23. The van der Waals surface area contributed by atoms with Crippen LogP contribution in [0.3, 0.4) is 0 Å². The number of halogens is 1. The molecule has 0 atom stereocenters. The number of thiophene rings is 1. The lowest BCUT2D eigenvalue weighted by Gasteiger charge is -2.31. The van der Waals surface area contributed by atoms with Crippen molar-refractivity contribution < 1.29 is 4.42 Å². The minimum absolute atomic E-state index is 0. The van der Waals surface area contributed by atoms with Gasteiger partial charge in [0, 0.05) is 23.4 Å². The maximum absolute atomic E-state index is 5.74. The zero-order valence-corrected chi connectivity index (χ0v) is 22.7. The Kier molecular flexibility index (Phi) is 10.3. The number of rotatable bonds is 8. The van der Waals surface area contributed by atoms with E-state index < -0.39 is 0 Å². The number of guanidine groups is 1. The number of aliphatic imine (C=N–C) groups is 1. The van der Waals surface area contributed by atoms with Crippen molar-refractivity contribution in [3.63, 3.8) is 0 Å². The predicted octanol–water partition coefficient (Wildman–Crippen LogP) is 4.72. The molecule has 3 heterocycles. The number of aromatic nitrogens is 1. The molecule has 0 amide bonds. The first-order valence-electron chi connectivity index (χ1n) is 11.1. The first-order valence-corrected chi connectivity index (χ1v) is 12.0. The average Bonchev–Trinajstić information content (AvgIpc) is 3.36. The second-order valence-electron chi connectivity index (χ2n) is 8.91. The molecule has 2 aromatic heterocycles. The Labute approximate surface area is 208 Å². The smallest absolute Gasteiger partial charge is 0.208 e. The molecule has 0 unspecified atom stereocenters. The van der Waals surface area contributed by atoms with Gasteiger partial charge in [-0.15, -0.1) is 35.3 Å². The quantitative estimate of drug-likeness (QED) is 0.279. The van der Waals surface area contributed by atoms with Crippen LogP contribution in [0.25, 0.3) is 0 Å². The van der Waals surface area contributed by atoms with Gasteiger partial charge in [0.2, 0.25) is 5.89 Å². The molecule has 0 aromatic carbocycles. The summed E-state index contributed by atoms with van der Waals surface area (Å²) in [4.78, 5) is 13.2. The molecule has 1 saturated heterocycles. The highest BCUT2D eigenvalue weighted by molar-refractivity contribution is 14.0. The van der Waals surface area contributed by atoms with E-state index in [4.69, 9.17) is 9.41 Å². The van der Waals surface area contributed by atoms with Gasteiger partial charge in [-0.25, -0.2) is 4.98 Å². The molecule has 1 aliphatic rings. The van der Waals surface area contributed by atoms with Gasteiger partial charge in [0.05, 0.1) is 18.8 Å². The Balaban J connectivity index is 0.00000341. The number of nitrogens with one attached hydrogen (secondary N) is 2. The molecule has 6 nitrogen and oxygen atoms in total. The van der Waals surface area contributed by atoms with Crippen molar-refractivity contribution in [2.24, 2.45) is 10.9 Å². The van der Waals surface area contributed by atoms with Crippen LogP contribution in [-0.2, 0) is 12.0 Å². The fourth-order valence-electron chi connectivity index (χ4n) is 3.75. The van der Waals surface area contributed by atoms with Gasteiger partial charge in [0.15, 0.2) is 5.96 Å². The van der Waals surface area contributed by atoms with Crippen LogP contribution in [-0.4, -0.2) is 48.6 Å². The molecule has 0 saturated carbocycles. The summed E-state index contributed by atoms with van der Waals surface area (Å²) in [5, 5.41) is 9.12. The Morgan fingerprint density at radius 1 is 1.29 bits per heavy atom. The van der Waals surface area contributed by atoms with E-state index in [1.807, 2.05) is 25.2 Å². The summed E-state index contributed by atoms with van der Waals surface area (Å²) in [5.41, 5.74) is 1.06. The van der Waals surface area contributed by atoms with E-state index >= 15 is 0 Å². The third-order valence-corrected chi connectivity index (χ3v) is 7.10. The van der Waals surface area contributed by atoms with Crippen molar-refractivity contribution in [2.45, 2.75) is 59.4 Å². The molecule has 174 valence electrons. The summed E-state index contributed by atoms with van der Waals surface area (Å²) < 4.78 is 5.74.